The number of nitrogens with zero attached hydrogens (tertiary/aromatic N) is 3. The fraction of sp³-hybridized carbons (Fsp3) is 0.800. The van der Waals surface area contributed by atoms with Crippen molar-refractivity contribution in [2.24, 2.45) is 0 Å². The third-order valence-electron chi connectivity index (χ3n) is 3.42. The number of rotatable bonds is 2. The molecule has 2 aliphatic rings. The molecule has 3 heterocycles. The van der Waals surface area contributed by atoms with E-state index in [9.17, 15) is 8.42 Å². The SMILES string of the molecule is O=S1(=O)CCNC(Cc2nnc3n2CCC3)C1. The first-order valence-electron chi connectivity index (χ1n) is 5.99. The predicted molar refractivity (Wildman–Crippen MR) is 62.5 cm³/mol. The minimum Gasteiger partial charge on any atom is -0.315 e. The van der Waals surface area contributed by atoms with E-state index in [2.05, 4.69) is 20.1 Å². The van der Waals surface area contributed by atoms with E-state index < -0.39 is 9.84 Å². The van der Waals surface area contributed by atoms with Gasteiger partial charge in [-0.1, -0.05) is 0 Å². The zero-order valence-electron chi connectivity index (χ0n) is 9.59. The zero-order valence-corrected chi connectivity index (χ0v) is 10.4. The number of nitrogens with one attached hydrogen (secondary N) is 1. The van der Waals surface area contributed by atoms with Crippen LogP contribution in [0.5, 0.6) is 0 Å². The van der Waals surface area contributed by atoms with Crippen LogP contribution < -0.4 is 5.32 Å². The van der Waals surface area contributed by atoms with E-state index >= 15 is 0 Å². The topological polar surface area (TPSA) is 76.9 Å². The van der Waals surface area contributed by atoms with Gasteiger partial charge in [0.15, 0.2) is 9.84 Å². The van der Waals surface area contributed by atoms with Crippen molar-refractivity contribution >= 4 is 9.84 Å². The first-order chi connectivity index (χ1) is 8.14. The minimum atomic E-state index is -2.87. The first kappa shape index (κ1) is 11.2. The lowest BCUT2D eigenvalue weighted by atomic mass is 10.2. The zero-order chi connectivity index (χ0) is 11.9. The molecule has 1 fully saturated rings. The van der Waals surface area contributed by atoms with Gasteiger partial charge in [-0.05, 0) is 6.42 Å². The Labute approximate surface area is 100 Å². The third-order valence-corrected chi connectivity index (χ3v) is 5.15. The van der Waals surface area contributed by atoms with Gasteiger partial charge in [0.1, 0.15) is 11.6 Å². The van der Waals surface area contributed by atoms with Crippen molar-refractivity contribution in [2.75, 3.05) is 18.1 Å². The molecule has 0 bridgehead atoms. The molecule has 3 rings (SSSR count). The molecule has 0 spiro atoms. The van der Waals surface area contributed by atoms with E-state index in [-0.39, 0.29) is 17.5 Å². The lowest BCUT2D eigenvalue weighted by Crippen LogP contribution is -2.46. The maximum atomic E-state index is 11.5. The van der Waals surface area contributed by atoms with Crippen LogP contribution in [0.15, 0.2) is 0 Å². The van der Waals surface area contributed by atoms with Crippen molar-refractivity contribution < 1.29 is 8.42 Å². The van der Waals surface area contributed by atoms with Gasteiger partial charge in [-0.25, -0.2) is 8.42 Å². The molecule has 0 aliphatic carbocycles. The summed E-state index contributed by atoms with van der Waals surface area (Å²) in [4.78, 5) is 0. The van der Waals surface area contributed by atoms with E-state index in [1.54, 1.807) is 0 Å². The van der Waals surface area contributed by atoms with Crippen LogP contribution in [-0.4, -0.2) is 47.3 Å². The van der Waals surface area contributed by atoms with Crippen LogP contribution in [0.1, 0.15) is 18.1 Å². The molecule has 0 saturated carbocycles. The molecule has 7 heteroatoms. The molecule has 0 amide bonds. The molecule has 94 valence electrons. The first-order valence-corrected chi connectivity index (χ1v) is 7.81. The number of aryl methyl sites for hydroxylation is 1. The Kier molecular flexibility index (Phi) is 2.67. The van der Waals surface area contributed by atoms with Gasteiger partial charge in [-0.2, -0.15) is 0 Å². The van der Waals surface area contributed by atoms with Gasteiger partial charge in [0, 0.05) is 32.0 Å². The van der Waals surface area contributed by atoms with Crippen molar-refractivity contribution in [1.82, 2.24) is 20.1 Å². The van der Waals surface area contributed by atoms with Crippen molar-refractivity contribution in [3.8, 4) is 0 Å². The van der Waals surface area contributed by atoms with Crippen LogP contribution >= 0.6 is 0 Å². The summed E-state index contributed by atoms with van der Waals surface area (Å²) in [6, 6.07) is -0.0114. The van der Waals surface area contributed by atoms with Crippen molar-refractivity contribution in [2.45, 2.75) is 31.8 Å². The molecular formula is C10H16N4O2S. The van der Waals surface area contributed by atoms with Gasteiger partial charge >= 0.3 is 0 Å². The van der Waals surface area contributed by atoms with E-state index in [1.165, 1.54) is 0 Å². The van der Waals surface area contributed by atoms with Crippen LogP contribution in [0.2, 0.25) is 0 Å². The molecule has 17 heavy (non-hydrogen) atoms. The monoisotopic (exact) mass is 256 g/mol. The van der Waals surface area contributed by atoms with Gasteiger partial charge in [-0.3, -0.25) is 0 Å². The Balaban J connectivity index is 1.74. The Morgan fingerprint density at radius 3 is 3.12 bits per heavy atom. The molecule has 1 aromatic heterocycles. The molecule has 0 aromatic carbocycles. The van der Waals surface area contributed by atoms with Gasteiger partial charge in [0.05, 0.1) is 11.5 Å². The van der Waals surface area contributed by atoms with Gasteiger partial charge in [0.2, 0.25) is 0 Å². The largest absolute Gasteiger partial charge is 0.315 e. The number of fused-ring (bicyclic) bond motifs is 1. The van der Waals surface area contributed by atoms with Crippen LogP contribution in [0, 0.1) is 0 Å². The summed E-state index contributed by atoms with van der Waals surface area (Å²) in [7, 11) is -2.87. The van der Waals surface area contributed by atoms with Crippen LogP contribution in [0.25, 0.3) is 0 Å². The summed E-state index contributed by atoms with van der Waals surface area (Å²) >= 11 is 0. The highest BCUT2D eigenvalue weighted by atomic mass is 32.2. The minimum absolute atomic E-state index is 0.0114. The highest BCUT2D eigenvalue weighted by Gasteiger charge is 2.27. The quantitative estimate of drug-likeness (QED) is 0.746. The second-order valence-corrected chi connectivity index (χ2v) is 6.99. The van der Waals surface area contributed by atoms with E-state index in [4.69, 9.17) is 0 Å². The van der Waals surface area contributed by atoms with Crippen LogP contribution in [0.4, 0.5) is 0 Å². The number of hydrogen-bond acceptors (Lipinski definition) is 5. The summed E-state index contributed by atoms with van der Waals surface area (Å²) in [6.07, 6.45) is 2.77. The van der Waals surface area contributed by atoms with Crippen LogP contribution in [0.3, 0.4) is 0 Å². The molecule has 0 radical (unpaired) electrons. The molecular weight excluding hydrogens is 240 g/mol. The summed E-state index contributed by atoms with van der Waals surface area (Å²) < 4.78 is 25.2. The van der Waals surface area contributed by atoms with Crippen LogP contribution in [-0.2, 0) is 29.2 Å². The average molecular weight is 256 g/mol. The highest BCUT2D eigenvalue weighted by molar-refractivity contribution is 7.91. The van der Waals surface area contributed by atoms with E-state index in [0.29, 0.717) is 13.0 Å². The summed E-state index contributed by atoms with van der Waals surface area (Å²) in [5.41, 5.74) is 0. The fourth-order valence-corrected chi connectivity index (χ4v) is 4.02. The standard InChI is InChI=1S/C10H16N4O2S/c15-17(16)5-3-11-8(7-17)6-10-13-12-9-2-1-4-14(9)10/h8,11H,1-7H2. The van der Waals surface area contributed by atoms with Gasteiger partial charge in [0.25, 0.3) is 0 Å². The lowest BCUT2D eigenvalue weighted by Gasteiger charge is -2.23. The van der Waals surface area contributed by atoms with E-state index in [0.717, 1.165) is 31.0 Å². The Morgan fingerprint density at radius 2 is 2.29 bits per heavy atom. The molecule has 6 nitrogen and oxygen atoms in total. The van der Waals surface area contributed by atoms with Crippen molar-refractivity contribution in [3.63, 3.8) is 0 Å². The molecule has 1 N–H and O–H groups in total. The number of hydrogen-bond donors (Lipinski definition) is 1. The smallest absolute Gasteiger partial charge is 0.153 e. The van der Waals surface area contributed by atoms with E-state index in [1.807, 2.05) is 0 Å². The maximum Gasteiger partial charge on any atom is 0.153 e. The Bertz CT molecular complexity index is 522. The Morgan fingerprint density at radius 1 is 1.41 bits per heavy atom. The second kappa shape index (κ2) is 4.06. The summed E-state index contributed by atoms with van der Waals surface area (Å²) in [5.74, 6) is 2.43. The maximum absolute atomic E-state index is 11.5. The number of aromatic nitrogens is 3. The van der Waals surface area contributed by atoms with Gasteiger partial charge < -0.3 is 9.88 Å². The third kappa shape index (κ3) is 2.21. The molecule has 1 atom stereocenters. The van der Waals surface area contributed by atoms with Crippen molar-refractivity contribution in [1.29, 1.82) is 0 Å². The second-order valence-electron chi connectivity index (χ2n) is 4.76. The summed E-state index contributed by atoms with van der Waals surface area (Å²) in [5, 5.41) is 11.5. The predicted octanol–water partition coefficient (Wildman–Crippen LogP) is -0.847. The normalized spacial score (nSPS) is 26.9. The fourth-order valence-electron chi connectivity index (χ4n) is 2.58. The number of sulfone groups is 1. The average Bonchev–Trinajstić information content (AvgIpc) is 2.81. The summed E-state index contributed by atoms with van der Waals surface area (Å²) in [6.45, 7) is 1.52. The lowest BCUT2D eigenvalue weighted by molar-refractivity contribution is 0.500. The molecule has 1 aromatic rings. The molecule has 1 unspecified atom stereocenters. The molecule has 1 saturated heterocycles. The van der Waals surface area contributed by atoms with Crippen molar-refractivity contribution in [3.05, 3.63) is 11.6 Å². The van der Waals surface area contributed by atoms with Gasteiger partial charge in [-0.15, -0.1) is 10.2 Å². The Hall–Kier alpha value is -0.950. The molecule has 2 aliphatic heterocycles. The highest BCUT2D eigenvalue weighted by Crippen LogP contribution is 2.16.